The molecule has 2 heterocycles. The van der Waals surface area contributed by atoms with Crippen molar-refractivity contribution in [2.24, 2.45) is 0 Å². The summed E-state index contributed by atoms with van der Waals surface area (Å²) in [6.45, 7) is 0.371. The molecule has 0 N–H and O–H groups in total. The molecule has 0 atom stereocenters. The van der Waals surface area contributed by atoms with Crippen LogP contribution >= 0.6 is 0 Å². The number of esters is 1. The molecule has 0 radical (unpaired) electrons. The van der Waals surface area contributed by atoms with Gasteiger partial charge < -0.3 is 9.15 Å². The van der Waals surface area contributed by atoms with E-state index >= 15 is 0 Å². The molecule has 0 aliphatic heterocycles. The molecule has 0 spiro atoms. The molecule has 0 amide bonds. The molecule has 0 unspecified atom stereocenters. The minimum Gasteiger partial charge on any atom is -0.464 e. The van der Waals surface area contributed by atoms with Gasteiger partial charge in [0.2, 0.25) is 5.89 Å². The van der Waals surface area contributed by atoms with Crippen LogP contribution in [0.5, 0.6) is 0 Å². The van der Waals surface area contributed by atoms with Crippen molar-refractivity contribution < 1.29 is 22.7 Å². The summed E-state index contributed by atoms with van der Waals surface area (Å²) in [6.07, 6.45) is -1.34. The highest BCUT2D eigenvalue weighted by atomic mass is 19.3. The predicted molar refractivity (Wildman–Crippen MR) is 75.2 cm³/mol. The molecule has 3 rings (SSSR count). The summed E-state index contributed by atoms with van der Waals surface area (Å²) in [5.41, 5.74) is 1.49. The molecule has 0 fully saturated rings. The molecule has 1 aromatic carbocycles. The molecule has 2 aromatic heterocycles. The first-order valence-corrected chi connectivity index (χ1v) is 6.76. The number of carbonyl (C=O) groups excluding carboxylic acids is 1. The third-order valence-electron chi connectivity index (χ3n) is 3.11. The van der Waals surface area contributed by atoms with Gasteiger partial charge in [-0.15, -0.1) is 15.3 Å². The molecule has 0 saturated heterocycles. The summed E-state index contributed by atoms with van der Waals surface area (Å²) in [5.74, 6) is -1.26. The molecule has 24 heavy (non-hydrogen) atoms. The Labute approximate surface area is 134 Å². The fraction of sp³-hybridized carbons (Fsp3) is 0.214. The van der Waals surface area contributed by atoms with Crippen LogP contribution in [0.4, 0.5) is 8.78 Å². The number of alkyl halides is 2. The van der Waals surface area contributed by atoms with Gasteiger partial charge in [-0.2, -0.15) is 8.78 Å². The maximum Gasteiger partial charge on any atom is 0.360 e. The van der Waals surface area contributed by atoms with Crippen molar-refractivity contribution in [2.75, 3.05) is 7.11 Å². The lowest BCUT2D eigenvalue weighted by atomic mass is 10.1. The van der Waals surface area contributed by atoms with Gasteiger partial charge in [-0.1, -0.05) is 17.3 Å². The number of rotatable bonds is 5. The highest BCUT2D eigenvalue weighted by Gasteiger charge is 2.17. The second-order valence-electron chi connectivity index (χ2n) is 4.74. The van der Waals surface area contributed by atoms with Crippen molar-refractivity contribution in [3.63, 3.8) is 0 Å². The Morgan fingerprint density at radius 1 is 1.25 bits per heavy atom. The van der Waals surface area contributed by atoms with Crippen LogP contribution < -0.4 is 0 Å². The van der Waals surface area contributed by atoms with E-state index in [2.05, 4.69) is 25.2 Å². The number of hydrogen-bond acceptors (Lipinski definition) is 7. The van der Waals surface area contributed by atoms with Crippen LogP contribution in [0, 0.1) is 0 Å². The summed E-state index contributed by atoms with van der Waals surface area (Å²) >= 11 is 0. The SMILES string of the molecule is COC(=O)c1cn(Cc2ccc(-c3nnc(C(F)F)o3)cc2)nn1. The molecule has 0 aliphatic carbocycles. The molecule has 124 valence electrons. The zero-order valence-electron chi connectivity index (χ0n) is 12.4. The topological polar surface area (TPSA) is 95.9 Å². The van der Waals surface area contributed by atoms with E-state index < -0.39 is 18.3 Å². The Bertz CT molecular complexity index is 844. The highest BCUT2D eigenvalue weighted by Crippen LogP contribution is 2.23. The van der Waals surface area contributed by atoms with Crippen molar-refractivity contribution >= 4 is 5.97 Å². The van der Waals surface area contributed by atoms with Gasteiger partial charge in [0.15, 0.2) is 5.69 Å². The number of ether oxygens (including phenoxy) is 1. The fourth-order valence-electron chi connectivity index (χ4n) is 1.95. The Morgan fingerprint density at radius 3 is 2.62 bits per heavy atom. The molecule has 0 aliphatic rings. The van der Waals surface area contributed by atoms with Crippen LogP contribution in [-0.2, 0) is 11.3 Å². The van der Waals surface area contributed by atoms with Gasteiger partial charge in [0.25, 0.3) is 5.89 Å². The van der Waals surface area contributed by atoms with E-state index in [-0.39, 0.29) is 11.6 Å². The fourth-order valence-corrected chi connectivity index (χ4v) is 1.95. The molecule has 10 heteroatoms. The van der Waals surface area contributed by atoms with Crippen molar-refractivity contribution in [2.45, 2.75) is 13.0 Å². The first-order valence-electron chi connectivity index (χ1n) is 6.76. The average molecular weight is 335 g/mol. The second kappa shape index (κ2) is 6.52. The van der Waals surface area contributed by atoms with Gasteiger partial charge in [0.05, 0.1) is 19.9 Å². The van der Waals surface area contributed by atoms with Crippen molar-refractivity contribution in [3.05, 3.63) is 47.6 Å². The number of nitrogens with zero attached hydrogens (tertiary/aromatic N) is 5. The zero-order chi connectivity index (χ0) is 17.1. The van der Waals surface area contributed by atoms with E-state index in [0.717, 1.165) is 5.56 Å². The summed E-state index contributed by atoms with van der Waals surface area (Å²) in [6, 6.07) is 6.83. The lowest BCUT2D eigenvalue weighted by Gasteiger charge is -2.01. The van der Waals surface area contributed by atoms with E-state index in [1.54, 1.807) is 24.3 Å². The summed E-state index contributed by atoms with van der Waals surface area (Å²) in [5, 5.41) is 14.4. The van der Waals surface area contributed by atoms with E-state index in [1.165, 1.54) is 18.0 Å². The molecule has 3 aromatic rings. The van der Waals surface area contributed by atoms with Crippen LogP contribution in [0.1, 0.15) is 28.4 Å². The number of methoxy groups -OCH3 is 1. The van der Waals surface area contributed by atoms with Crippen LogP contribution in [0.2, 0.25) is 0 Å². The number of carbonyl (C=O) groups is 1. The lowest BCUT2D eigenvalue weighted by Crippen LogP contribution is -2.01. The van der Waals surface area contributed by atoms with Gasteiger partial charge in [-0.05, 0) is 17.7 Å². The Morgan fingerprint density at radius 2 is 2.00 bits per heavy atom. The van der Waals surface area contributed by atoms with Crippen molar-refractivity contribution in [3.8, 4) is 11.5 Å². The number of hydrogen-bond donors (Lipinski definition) is 0. The second-order valence-corrected chi connectivity index (χ2v) is 4.74. The minimum atomic E-state index is -2.80. The molecule has 8 nitrogen and oxygen atoms in total. The Balaban J connectivity index is 1.72. The minimum absolute atomic E-state index is 0.0191. The average Bonchev–Trinajstić information content (AvgIpc) is 3.24. The highest BCUT2D eigenvalue weighted by molar-refractivity contribution is 5.86. The zero-order valence-corrected chi connectivity index (χ0v) is 12.4. The van der Waals surface area contributed by atoms with Crippen LogP contribution in [0.15, 0.2) is 34.9 Å². The molecular weight excluding hydrogens is 324 g/mol. The molecular formula is C14H11F2N5O3. The van der Waals surface area contributed by atoms with Crippen molar-refractivity contribution in [1.82, 2.24) is 25.2 Å². The van der Waals surface area contributed by atoms with Crippen molar-refractivity contribution in [1.29, 1.82) is 0 Å². The summed E-state index contributed by atoms with van der Waals surface area (Å²) in [7, 11) is 1.26. The standard InChI is InChI=1S/C14H11F2N5O3/c1-23-14(22)10-7-21(20-17-10)6-8-2-4-9(5-3-8)12-18-19-13(24-12)11(15)16/h2-5,7,11H,6H2,1H3. The lowest BCUT2D eigenvalue weighted by molar-refractivity contribution is 0.0594. The van der Waals surface area contributed by atoms with Gasteiger partial charge in [0, 0.05) is 5.56 Å². The normalized spacial score (nSPS) is 11.0. The van der Waals surface area contributed by atoms with Crippen LogP contribution in [-0.4, -0.2) is 38.3 Å². The Hall–Kier alpha value is -3.17. The molecule has 0 saturated carbocycles. The van der Waals surface area contributed by atoms with E-state index in [4.69, 9.17) is 4.42 Å². The number of aromatic nitrogens is 5. The van der Waals surface area contributed by atoms with E-state index in [1.807, 2.05) is 0 Å². The number of halogens is 2. The van der Waals surface area contributed by atoms with Gasteiger partial charge in [0.1, 0.15) is 0 Å². The first kappa shape index (κ1) is 15.7. The third kappa shape index (κ3) is 3.26. The van der Waals surface area contributed by atoms with Gasteiger partial charge in [-0.25, -0.2) is 9.48 Å². The largest absolute Gasteiger partial charge is 0.464 e. The quantitative estimate of drug-likeness (QED) is 0.659. The van der Waals surface area contributed by atoms with Gasteiger partial charge in [-0.3, -0.25) is 0 Å². The maximum absolute atomic E-state index is 12.4. The predicted octanol–water partition coefficient (Wildman–Crippen LogP) is 2.10. The summed E-state index contributed by atoms with van der Waals surface area (Å²) in [4.78, 5) is 11.3. The molecule has 0 bridgehead atoms. The third-order valence-corrected chi connectivity index (χ3v) is 3.11. The Kier molecular flexibility index (Phi) is 4.27. The maximum atomic E-state index is 12.4. The van der Waals surface area contributed by atoms with E-state index in [9.17, 15) is 13.6 Å². The van der Waals surface area contributed by atoms with Crippen LogP contribution in [0.3, 0.4) is 0 Å². The van der Waals surface area contributed by atoms with Gasteiger partial charge >= 0.3 is 12.4 Å². The smallest absolute Gasteiger partial charge is 0.360 e. The summed E-state index contributed by atoms with van der Waals surface area (Å²) < 4.78 is 35.8. The number of benzene rings is 1. The first-order chi connectivity index (χ1) is 11.6. The van der Waals surface area contributed by atoms with Crippen LogP contribution in [0.25, 0.3) is 11.5 Å². The van der Waals surface area contributed by atoms with E-state index in [0.29, 0.717) is 12.1 Å². The monoisotopic (exact) mass is 335 g/mol.